The zero-order valence-electron chi connectivity index (χ0n) is 10.5. The molecule has 0 unspecified atom stereocenters. The molecule has 0 amide bonds. The summed E-state index contributed by atoms with van der Waals surface area (Å²) in [5.41, 5.74) is 3.54. The summed E-state index contributed by atoms with van der Waals surface area (Å²) in [4.78, 5) is 0. The second kappa shape index (κ2) is 4.95. The molecular formula is C14H18N2O. The first-order valence-electron chi connectivity index (χ1n) is 5.68. The third-order valence-corrected chi connectivity index (χ3v) is 2.78. The molecule has 0 bridgehead atoms. The standard InChI is InChI=1S/C14H18N2O/c1-11-8-13(4-5-14(11)17-3)15-9-12-6-7-16(2)10-12/h4-8,10,15H,9H2,1-3H3. The minimum Gasteiger partial charge on any atom is -0.496 e. The number of rotatable bonds is 4. The Hall–Kier alpha value is -1.90. The Morgan fingerprint density at radius 3 is 2.71 bits per heavy atom. The smallest absolute Gasteiger partial charge is 0.121 e. The van der Waals surface area contributed by atoms with Gasteiger partial charge in [0.2, 0.25) is 0 Å². The van der Waals surface area contributed by atoms with Crippen LogP contribution in [0.1, 0.15) is 11.1 Å². The van der Waals surface area contributed by atoms with Gasteiger partial charge >= 0.3 is 0 Å². The van der Waals surface area contributed by atoms with E-state index in [1.807, 2.05) is 26.1 Å². The zero-order valence-corrected chi connectivity index (χ0v) is 10.5. The minimum atomic E-state index is 0.840. The maximum absolute atomic E-state index is 5.23. The Morgan fingerprint density at radius 1 is 1.29 bits per heavy atom. The fourth-order valence-corrected chi connectivity index (χ4v) is 1.86. The van der Waals surface area contributed by atoms with E-state index in [9.17, 15) is 0 Å². The van der Waals surface area contributed by atoms with Gasteiger partial charge < -0.3 is 14.6 Å². The third-order valence-electron chi connectivity index (χ3n) is 2.78. The van der Waals surface area contributed by atoms with E-state index in [1.165, 1.54) is 5.56 Å². The van der Waals surface area contributed by atoms with Gasteiger partial charge in [0.25, 0.3) is 0 Å². The normalized spacial score (nSPS) is 10.3. The highest BCUT2D eigenvalue weighted by Crippen LogP contribution is 2.21. The van der Waals surface area contributed by atoms with Crippen LogP contribution in [0.15, 0.2) is 36.7 Å². The molecule has 0 aliphatic carbocycles. The number of aromatic nitrogens is 1. The van der Waals surface area contributed by atoms with Gasteiger partial charge in [-0.3, -0.25) is 0 Å². The molecule has 0 fully saturated rings. The molecule has 0 saturated carbocycles. The summed E-state index contributed by atoms with van der Waals surface area (Å²) >= 11 is 0. The second-order valence-electron chi connectivity index (χ2n) is 4.22. The Bertz CT molecular complexity index is 503. The minimum absolute atomic E-state index is 0.840. The molecule has 90 valence electrons. The molecule has 0 aliphatic rings. The van der Waals surface area contributed by atoms with Gasteiger partial charge in [-0.15, -0.1) is 0 Å². The summed E-state index contributed by atoms with van der Waals surface area (Å²) in [5, 5.41) is 3.40. The van der Waals surface area contributed by atoms with Crippen molar-refractivity contribution < 1.29 is 4.74 Å². The van der Waals surface area contributed by atoms with Gasteiger partial charge in [-0.05, 0) is 42.3 Å². The number of hydrogen-bond acceptors (Lipinski definition) is 2. The van der Waals surface area contributed by atoms with E-state index in [0.717, 1.165) is 23.5 Å². The Morgan fingerprint density at radius 2 is 2.12 bits per heavy atom. The number of anilines is 1. The molecule has 0 atom stereocenters. The van der Waals surface area contributed by atoms with Crippen molar-refractivity contribution in [3.63, 3.8) is 0 Å². The summed E-state index contributed by atoms with van der Waals surface area (Å²) in [6, 6.07) is 8.24. The van der Waals surface area contributed by atoms with E-state index in [2.05, 4.69) is 34.4 Å². The van der Waals surface area contributed by atoms with Crippen LogP contribution in [0.3, 0.4) is 0 Å². The van der Waals surface area contributed by atoms with Gasteiger partial charge in [0, 0.05) is 31.7 Å². The molecule has 0 saturated heterocycles. The van der Waals surface area contributed by atoms with Crippen LogP contribution in [0, 0.1) is 6.92 Å². The summed E-state index contributed by atoms with van der Waals surface area (Å²) in [5.74, 6) is 0.926. The van der Waals surface area contributed by atoms with Gasteiger partial charge in [0.15, 0.2) is 0 Å². The maximum atomic E-state index is 5.23. The number of nitrogens with zero attached hydrogens (tertiary/aromatic N) is 1. The Balaban J connectivity index is 2.02. The largest absolute Gasteiger partial charge is 0.496 e. The van der Waals surface area contributed by atoms with Crippen molar-refractivity contribution in [2.45, 2.75) is 13.5 Å². The lowest BCUT2D eigenvalue weighted by molar-refractivity contribution is 0.412. The number of benzene rings is 1. The molecule has 0 radical (unpaired) electrons. The first-order chi connectivity index (χ1) is 8.19. The molecule has 0 aliphatic heterocycles. The molecule has 3 heteroatoms. The summed E-state index contributed by atoms with van der Waals surface area (Å²) in [6.45, 7) is 2.89. The van der Waals surface area contributed by atoms with E-state index in [4.69, 9.17) is 4.74 Å². The lowest BCUT2D eigenvalue weighted by Gasteiger charge is -2.09. The van der Waals surface area contributed by atoms with Crippen molar-refractivity contribution in [2.24, 2.45) is 7.05 Å². The predicted octanol–water partition coefficient (Wildman–Crippen LogP) is 2.95. The SMILES string of the molecule is COc1ccc(NCc2ccn(C)c2)cc1C. The van der Waals surface area contributed by atoms with E-state index in [-0.39, 0.29) is 0 Å². The van der Waals surface area contributed by atoms with Crippen molar-refractivity contribution >= 4 is 5.69 Å². The molecule has 3 nitrogen and oxygen atoms in total. The summed E-state index contributed by atoms with van der Waals surface area (Å²) < 4.78 is 7.29. The van der Waals surface area contributed by atoms with E-state index >= 15 is 0 Å². The highest BCUT2D eigenvalue weighted by atomic mass is 16.5. The highest BCUT2D eigenvalue weighted by molar-refractivity contribution is 5.50. The molecular weight excluding hydrogens is 212 g/mol. The maximum Gasteiger partial charge on any atom is 0.121 e. The summed E-state index contributed by atoms with van der Waals surface area (Å²) in [6.07, 6.45) is 4.17. The quantitative estimate of drug-likeness (QED) is 0.874. The average molecular weight is 230 g/mol. The molecule has 0 spiro atoms. The van der Waals surface area contributed by atoms with Crippen molar-refractivity contribution in [3.05, 3.63) is 47.8 Å². The molecule has 17 heavy (non-hydrogen) atoms. The first-order valence-corrected chi connectivity index (χ1v) is 5.68. The van der Waals surface area contributed by atoms with Crippen molar-refractivity contribution in [1.29, 1.82) is 0 Å². The number of ether oxygens (including phenoxy) is 1. The van der Waals surface area contributed by atoms with E-state index in [1.54, 1.807) is 7.11 Å². The first kappa shape index (κ1) is 11.6. The third kappa shape index (κ3) is 2.81. The van der Waals surface area contributed by atoms with Crippen LogP contribution >= 0.6 is 0 Å². The molecule has 1 N–H and O–H groups in total. The molecule has 2 aromatic rings. The monoisotopic (exact) mass is 230 g/mol. The number of hydrogen-bond donors (Lipinski definition) is 1. The van der Waals surface area contributed by atoms with Crippen LogP contribution in [-0.2, 0) is 13.6 Å². The average Bonchev–Trinajstić information content (AvgIpc) is 2.73. The molecule has 1 aromatic heterocycles. The van der Waals surface area contributed by atoms with Crippen molar-refractivity contribution in [1.82, 2.24) is 4.57 Å². The van der Waals surface area contributed by atoms with Crippen LogP contribution in [-0.4, -0.2) is 11.7 Å². The van der Waals surface area contributed by atoms with Gasteiger partial charge in [0.1, 0.15) is 5.75 Å². The van der Waals surface area contributed by atoms with Gasteiger partial charge in [-0.2, -0.15) is 0 Å². The van der Waals surface area contributed by atoms with Crippen LogP contribution in [0.2, 0.25) is 0 Å². The lowest BCUT2D eigenvalue weighted by atomic mass is 10.2. The van der Waals surface area contributed by atoms with Gasteiger partial charge in [-0.25, -0.2) is 0 Å². The van der Waals surface area contributed by atoms with Gasteiger partial charge in [-0.1, -0.05) is 0 Å². The van der Waals surface area contributed by atoms with Crippen LogP contribution in [0.25, 0.3) is 0 Å². The number of aryl methyl sites for hydroxylation is 2. The lowest BCUT2D eigenvalue weighted by Crippen LogP contribution is -1.99. The van der Waals surface area contributed by atoms with E-state index in [0.29, 0.717) is 0 Å². The van der Waals surface area contributed by atoms with Crippen LogP contribution < -0.4 is 10.1 Å². The van der Waals surface area contributed by atoms with Crippen LogP contribution in [0.4, 0.5) is 5.69 Å². The van der Waals surface area contributed by atoms with E-state index < -0.39 is 0 Å². The topological polar surface area (TPSA) is 26.2 Å². The molecule has 2 rings (SSSR count). The Kier molecular flexibility index (Phi) is 3.38. The van der Waals surface area contributed by atoms with Gasteiger partial charge in [0.05, 0.1) is 7.11 Å². The zero-order chi connectivity index (χ0) is 12.3. The number of nitrogens with one attached hydrogen (secondary N) is 1. The van der Waals surface area contributed by atoms with Crippen molar-refractivity contribution in [3.8, 4) is 5.75 Å². The van der Waals surface area contributed by atoms with Crippen LogP contribution in [0.5, 0.6) is 5.75 Å². The molecule has 1 heterocycles. The number of methoxy groups -OCH3 is 1. The molecule has 1 aromatic carbocycles. The fraction of sp³-hybridized carbons (Fsp3) is 0.286. The highest BCUT2D eigenvalue weighted by Gasteiger charge is 2.00. The summed E-state index contributed by atoms with van der Waals surface area (Å²) in [7, 11) is 3.72. The predicted molar refractivity (Wildman–Crippen MR) is 70.5 cm³/mol. The van der Waals surface area contributed by atoms with Crippen molar-refractivity contribution in [2.75, 3.05) is 12.4 Å². The fourth-order valence-electron chi connectivity index (χ4n) is 1.86. The second-order valence-corrected chi connectivity index (χ2v) is 4.22. The Labute approximate surface area is 102 Å².